The predicted molar refractivity (Wildman–Crippen MR) is 78.5 cm³/mol. The third-order valence-electron chi connectivity index (χ3n) is 3.49. The molecular weight excluding hydrogens is 270 g/mol. The quantitative estimate of drug-likeness (QED) is 0.630. The van der Waals surface area contributed by atoms with Gasteiger partial charge < -0.3 is 14.4 Å². The molecule has 5 heteroatoms. The van der Waals surface area contributed by atoms with E-state index in [1.54, 1.807) is 39.3 Å². The van der Waals surface area contributed by atoms with Gasteiger partial charge in [0, 0.05) is 12.7 Å². The molecule has 1 aromatic rings. The number of ether oxygens (including phenoxy) is 2. The van der Waals surface area contributed by atoms with Gasteiger partial charge in [0.15, 0.2) is 0 Å². The topological polar surface area (TPSA) is 55.8 Å². The van der Waals surface area contributed by atoms with E-state index in [-0.39, 0.29) is 5.91 Å². The maximum absolute atomic E-state index is 12.3. The lowest BCUT2D eigenvalue weighted by Gasteiger charge is -2.08. The van der Waals surface area contributed by atoms with Gasteiger partial charge in [-0.3, -0.25) is 4.79 Å². The molecule has 110 valence electrons. The molecule has 1 aromatic carbocycles. The standard InChI is InChI=1S/C16H17NO4/c1-10-14(16(19)21-4)13(15(18)17(10)2)9-11-5-7-12(20-3)8-6-11/h5-9H,1-4H3/b13-9-. The van der Waals surface area contributed by atoms with Crippen molar-refractivity contribution in [1.29, 1.82) is 0 Å². The summed E-state index contributed by atoms with van der Waals surface area (Å²) in [7, 11) is 4.52. The Morgan fingerprint density at radius 1 is 1.19 bits per heavy atom. The molecule has 1 aliphatic rings. The number of carbonyl (C=O) groups is 2. The number of methoxy groups -OCH3 is 2. The summed E-state index contributed by atoms with van der Waals surface area (Å²) in [6, 6.07) is 7.23. The first-order chi connectivity index (χ1) is 9.99. The molecule has 0 atom stereocenters. The Bertz CT molecular complexity index is 641. The molecule has 1 heterocycles. The molecule has 0 bridgehead atoms. The molecule has 2 rings (SSSR count). The molecule has 1 aliphatic heterocycles. The minimum Gasteiger partial charge on any atom is -0.497 e. The van der Waals surface area contributed by atoms with Gasteiger partial charge in [-0.2, -0.15) is 0 Å². The fourth-order valence-electron chi connectivity index (χ4n) is 2.16. The smallest absolute Gasteiger partial charge is 0.340 e. The van der Waals surface area contributed by atoms with E-state index < -0.39 is 5.97 Å². The molecule has 0 spiro atoms. The van der Waals surface area contributed by atoms with E-state index in [9.17, 15) is 9.59 Å². The van der Waals surface area contributed by atoms with E-state index in [2.05, 4.69) is 0 Å². The van der Waals surface area contributed by atoms with E-state index in [1.807, 2.05) is 12.1 Å². The molecule has 5 nitrogen and oxygen atoms in total. The summed E-state index contributed by atoms with van der Waals surface area (Å²) in [5, 5.41) is 0. The summed E-state index contributed by atoms with van der Waals surface area (Å²) in [5.74, 6) is 0.000565. The van der Waals surface area contributed by atoms with E-state index in [4.69, 9.17) is 9.47 Å². The minimum atomic E-state index is -0.509. The highest BCUT2D eigenvalue weighted by molar-refractivity contribution is 6.16. The second-order valence-electron chi connectivity index (χ2n) is 4.65. The second-order valence-corrected chi connectivity index (χ2v) is 4.65. The van der Waals surface area contributed by atoms with Crippen LogP contribution >= 0.6 is 0 Å². The van der Waals surface area contributed by atoms with Crippen molar-refractivity contribution in [2.24, 2.45) is 0 Å². The number of nitrogens with zero attached hydrogens (tertiary/aromatic N) is 1. The summed E-state index contributed by atoms with van der Waals surface area (Å²) < 4.78 is 9.86. The number of allylic oxidation sites excluding steroid dienone is 1. The summed E-state index contributed by atoms with van der Waals surface area (Å²) >= 11 is 0. The zero-order valence-corrected chi connectivity index (χ0v) is 12.5. The third kappa shape index (κ3) is 2.67. The summed E-state index contributed by atoms with van der Waals surface area (Å²) in [6.45, 7) is 1.72. The maximum Gasteiger partial charge on any atom is 0.340 e. The molecular formula is C16H17NO4. The highest BCUT2D eigenvalue weighted by Gasteiger charge is 2.34. The number of rotatable bonds is 3. The Kier molecular flexibility index (Phi) is 4.12. The van der Waals surface area contributed by atoms with Crippen LogP contribution in [0, 0.1) is 0 Å². The van der Waals surface area contributed by atoms with Crippen LogP contribution in [0.25, 0.3) is 6.08 Å². The molecule has 0 N–H and O–H groups in total. The van der Waals surface area contributed by atoms with Crippen molar-refractivity contribution < 1.29 is 19.1 Å². The number of likely N-dealkylation sites (N-methyl/N-ethyl adjacent to an activating group) is 1. The molecule has 0 saturated heterocycles. The molecule has 0 aromatic heterocycles. The van der Waals surface area contributed by atoms with Crippen LogP contribution in [0.1, 0.15) is 12.5 Å². The lowest BCUT2D eigenvalue weighted by molar-refractivity contribution is -0.136. The number of carbonyl (C=O) groups excluding carboxylic acids is 2. The first kappa shape index (κ1) is 14.8. The molecule has 1 amide bonds. The normalized spacial score (nSPS) is 16.7. The fourth-order valence-corrected chi connectivity index (χ4v) is 2.16. The van der Waals surface area contributed by atoms with Gasteiger partial charge in [-0.15, -0.1) is 0 Å². The monoisotopic (exact) mass is 287 g/mol. The average Bonchev–Trinajstić information content (AvgIpc) is 2.72. The molecule has 0 unspecified atom stereocenters. The van der Waals surface area contributed by atoms with Crippen molar-refractivity contribution in [3.8, 4) is 5.75 Å². The number of esters is 1. The predicted octanol–water partition coefficient (Wildman–Crippen LogP) is 2.00. The maximum atomic E-state index is 12.3. The van der Waals surface area contributed by atoms with Gasteiger partial charge in [0.05, 0.1) is 25.4 Å². The van der Waals surface area contributed by atoms with Crippen LogP contribution in [0.15, 0.2) is 41.1 Å². The second kappa shape index (κ2) is 5.83. The van der Waals surface area contributed by atoms with Crippen molar-refractivity contribution in [3.05, 3.63) is 46.7 Å². The molecule has 0 radical (unpaired) electrons. The first-order valence-electron chi connectivity index (χ1n) is 6.43. The van der Waals surface area contributed by atoms with Gasteiger partial charge in [-0.05, 0) is 30.7 Å². The van der Waals surface area contributed by atoms with Gasteiger partial charge in [-0.1, -0.05) is 12.1 Å². The van der Waals surface area contributed by atoms with Crippen LogP contribution in [-0.4, -0.2) is 38.0 Å². The van der Waals surface area contributed by atoms with E-state index >= 15 is 0 Å². The number of amides is 1. The lowest BCUT2D eigenvalue weighted by Crippen LogP contribution is -2.19. The SMILES string of the molecule is COC(=O)C1=C(C)N(C)C(=O)/C1=C\c1ccc(OC)cc1. The van der Waals surface area contributed by atoms with Gasteiger partial charge in [0.1, 0.15) is 5.75 Å². The molecule has 0 fully saturated rings. The Morgan fingerprint density at radius 2 is 1.81 bits per heavy atom. The summed E-state index contributed by atoms with van der Waals surface area (Å²) in [6.07, 6.45) is 1.68. The Labute approximate surface area is 123 Å². The van der Waals surface area contributed by atoms with Gasteiger partial charge >= 0.3 is 5.97 Å². The minimum absolute atomic E-state index is 0.219. The largest absolute Gasteiger partial charge is 0.497 e. The number of hydrogen-bond donors (Lipinski definition) is 0. The van der Waals surface area contributed by atoms with E-state index in [0.29, 0.717) is 16.8 Å². The average molecular weight is 287 g/mol. The van der Waals surface area contributed by atoms with Crippen LogP contribution in [0.2, 0.25) is 0 Å². The zero-order valence-electron chi connectivity index (χ0n) is 12.5. The Morgan fingerprint density at radius 3 is 2.33 bits per heavy atom. The van der Waals surface area contributed by atoms with E-state index in [1.165, 1.54) is 12.0 Å². The van der Waals surface area contributed by atoms with Crippen LogP contribution in [-0.2, 0) is 14.3 Å². The molecule has 0 saturated carbocycles. The third-order valence-corrected chi connectivity index (χ3v) is 3.49. The van der Waals surface area contributed by atoms with Crippen LogP contribution < -0.4 is 4.74 Å². The highest BCUT2D eigenvalue weighted by Crippen LogP contribution is 2.30. The van der Waals surface area contributed by atoms with Crippen molar-refractivity contribution >= 4 is 18.0 Å². The molecule has 21 heavy (non-hydrogen) atoms. The van der Waals surface area contributed by atoms with Crippen molar-refractivity contribution in [2.45, 2.75) is 6.92 Å². The van der Waals surface area contributed by atoms with Gasteiger partial charge in [0.25, 0.3) is 5.91 Å². The Hall–Kier alpha value is -2.56. The van der Waals surface area contributed by atoms with Gasteiger partial charge in [-0.25, -0.2) is 4.79 Å². The zero-order chi connectivity index (χ0) is 15.6. The fraction of sp³-hybridized carbons (Fsp3) is 0.250. The summed E-state index contributed by atoms with van der Waals surface area (Å²) in [5.41, 5.74) is 2.04. The van der Waals surface area contributed by atoms with Crippen LogP contribution in [0.5, 0.6) is 5.75 Å². The summed E-state index contributed by atoms with van der Waals surface area (Å²) in [4.78, 5) is 25.6. The first-order valence-corrected chi connectivity index (χ1v) is 6.43. The van der Waals surface area contributed by atoms with Crippen LogP contribution in [0.3, 0.4) is 0 Å². The molecule has 0 aliphatic carbocycles. The number of benzene rings is 1. The lowest BCUT2D eigenvalue weighted by atomic mass is 10.0. The van der Waals surface area contributed by atoms with Crippen LogP contribution in [0.4, 0.5) is 0 Å². The van der Waals surface area contributed by atoms with Crippen molar-refractivity contribution in [2.75, 3.05) is 21.3 Å². The number of hydrogen-bond acceptors (Lipinski definition) is 4. The Balaban J connectivity index is 2.46. The van der Waals surface area contributed by atoms with Crippen molar-refractivity contribution in [1.82, 2.24) is 4.90 Å². The van der Waals surface area contributed by atoms with Gasteiger partial charge in [0.2, 0.25) is 0 Å². The van der Waals surface area contributed by atoms with E-state index in [0.717, 1.165) is 11.3 Å². The highest BCUT2D eigenvalue weighted by atomic mass is 16.5. The van der Waals surface area contributed by atoms with Crippen molar-refractivity contribution in [3.63, 3.8) is 0 Å².